The summed E-state index contributed by atoms with van der Waals surface area (Å²) < 4.78 is 7.80. The smallest absolute Gasteiger partial charge is 0.253 e. The molecule has 8 heteroatoms. The molecule has 1 amide bonds. The van der Waals surface area contributed by atoms with Gasteiger partial charge in [-0.05, 0) is 62.4 Å². The van der Waals surface area contributed by atoms with Crippen LogP contribution in [0.15, 0.2) is 54.9 Å². The summed E-state index contributed by atoms with van der Waals surface area (Å²) in [6.45, 7) is 2.30. The summed E-state index contributed by atoms with van der Waals surface area (Å²) >= 11 is 0. The Labute approximate surface area is 191 Å². The van der Waals surface area contributed by atoms with Gasteiger partial charge in [0.15, 0.2) is 5.65 Å². The number of nitrogens with zero attached hydrogens (tertiary/aromatic N) is 4. The Morgan fingerprint density at radius 3 is 2.88 bits per heavy atom. The van der Waals surface area contributed by atoms with Gasteiger partial charge in [-0.2, -0.15) is 4.98 Å². The van der Waals surface area contributed by atoms with Crippen molar-refractivity contribution < 1.29 is 9.53 Å². The molecule has 0 spiro atoms. The number of hydrogen-bond donors (Lipinski definition) is 2. The minimum Gasteiger partial charge on any atom is -0.490 e. The van der Waals surface area contributed by atoms with Gasteiger partial charge in [0.2, 0.25) is 5.95 Å². The van der Waals surface area contributed by atoms with Crippen LogP contribution in [0.5, 0.6) is 5.75 Å². The Kier molecular flexibility index (Phi) is 5.64. The van der Waals surface area contributed by atoms with Crippen LogP contribution in [-0.4, -0.2) is 31.6 Å². The molecule has 5 rings (SSSR count). The molecule has 168 valence electrons. The number of anilines is 1. The van der Waals surface area contributed by atoms with Crippen LogP contribution in [0.2, 0.25) is 0 Å². The summed E-state index contributed by atoms with van der Waals surface area (Å²) in [5.74, 6) is 0.868. The molecule has 4 aromatic rings. The van der Waals surface area contributed by atoms with Crippen LogP contribution in [-0.2, 0) is 6.54 Å². The topological polar surface area (TPSA) is 107 Å². The van der Waals surface area contributed by atoms with Crippen molar-refractivity contribution in [3.63, 3.8) is 0 Å². The first kappa shape index (κ1) is 20.9. The van der Waals surface area contributed by atoms with E-state index in [2.05, 4.69) is 20.4 Å². The Hall–Kier alpha value is -3.94. The number of hydrogen-bond acceptors (Lipinski definition) is 6. The molecule has 1 aliphatic carbocycles. The van der Waals surface area contributed by atoms with Gasteiger partial charge in [-0.3, -0.25) is 9.78 Å². The summed E-state index contributed by atoms with van der Waals surface area (Å²) in [5, 5.41) is 7.11. The Bertz CT molecular complexity index is 1310. The molecule has 0 bridgehead atoms. The van der Waals surface area contributed by atoms with Crippen LogP contribution in [0.3, 0.4) is 0 Å². The van der Waals surface area contributed by atoms with Crippen LogP contribution in [0.4, 0.5) is 5.95 Å². The number of pyridine rings is 2. The summed E-state index contributed by atoms with van der Waals surface area (Å²) in [6.07, 6.45) is 8.26. The van der Waals surface area contributed by atoms with E-state index in [1.165, 1.54) is 12.8 Å². The molecule has 1 saturated carbocycles. The molecule has 0 atom stereocenters. The van der Waals surface area contributed by atoms with Crippen molar-refractivity contribution in [3.05, 3.63) is 71.7 Å². The Morgan fingerprint density at radius 2 is 2.03 bits per heavy atom. The predicted molar refractivity (Wildman–Crippen MR) is 126 cm³/mol. The van der Waals surface area contributed by atoms with Crippen molar-refractivity contribution in [1.82, 2.24) is 24.9 Å². The lowest BCUT2D eigenvalue weighted by Crippen LogP contribution is -2.24. The summed E-state index contributed by atoms with van der Waals surface area (Å²) in [4.78, 5) is 21.6. The average molecular weight is 443 g/mol. The molecule has 0 saturated heterocycles. The minimum atomic E-state index is -0.188. The minimum absolute atomic E-state index is 0.188. The molecule has 8 nitrogen and oxygen atoms in total. The second-order valence-corrected chi connectivity index (χ2v) is 8.36. The lowest BCUT2D eigenvalue weighted by Gasteiger charge is -2.17. The maximum absolute atomic E-state index is 12.9. The van der Waals surface area contributed by atoms with Gasteiger partial charge in [0.1, 0.15) is 5.75 Å². The van der Waals surface area contributed by atoms with Gasteiger partial charge in [0, 0.05) is 35.8 Å². The van der Waals surface area contributed by atoms with Crippen LogP contribution < -0.4 is 15.8 Å². The van der Waals surface area contributed by atoms with E-state index in [1.54, 1.807) is 16.9 Å². The van der Waals surface area contributed by atoms with E-state index in [-0.39, 0.29) is 18.0 Å². The van der Waals surface area contributed by atoms with E-state index >= 15 is 0 Å². The lowest BCUT2D eigenvalue weighted by atomic mass is 10.0. The van der Waals surface area contributed by atoms with Crippen molar-refractivity contribution in [2.75, 3.05) is 5.73 Å². The highest BCUT2D eigenvalue weighted by molar-refractivity contribution is 5.95. The number of benzene rings is 1. The van der Waals surface area contributed by atoms with E-state index in [0.717, 1.165) is 41.0 Å². The van der Waals surface area contributed by atoms with E-state index in [9.17, 15) is 4.79 Å². The number of nitrogens with two attached hydrogens (primary N) is 1. The van der Waals surface area contributed by atoms with Crippen molar-refractivity contribution in [2.24, 2.45) is 0 Å². The van der Waals surface area contributed by atoms with Crippen LogP contribution >= 0.6 is 0 Å². The van der Waals surface area contributed by atoms with Crippen LogP contribution in [0, 0.1) is 6.92 Å². The maximum atomic E-state index is 12.9. The van der Waals surface area contributed by atoms with E-state index in [1.807, 2.05) is 49.4 Å². The first-order valence-electron chi connectivity index (χ1n) is 11.2. The summed E-state index contributed by atoms with van der Waals surface area (Å²) in [7, 11) is 0. The number of aromatic nitrogens is 4. The molecule has 3 heterocycles. The number of nitrogen functional groups attached to an aromatic ring is 1. The quantitative estimate of drug-likeness (QED) is 0.468. The monoisotopic (exact) mass is 442 g/mol. The molecular formula is C25H26N6O2. The number of para-hydroxylation sites is 1. The average Bonchev–Trinajstić information content (AvgIpc) is 3.46. The third-order valence-electron chi connectivity index (χ3n) is 6.02. The molecule has 0 aliphatic heterocycles. The van der Waals surface area contributed by atoms with Gasteiger partial charge in [-0.15, -0.1) is 5.10 Å². The zero-order chi connectivity index (χ0) is 22.8. The van der Waals surface area contributed by atoms with Crippen LogP contribution in [0.1, 0.15) is 47.3 Å². The number of carbonyl (C=O) groups excluding carboxylic acids is 1. The van der Waals surface area contributed by atoms with E-state index in [4.69, 9.17) is 10.5 Å². The predicted octanol–water partition coefficient (Wildman–Crippen LogP) is 3.93. The molecule has 1 aliphatic rings. The Balaban J connectivity index is 1.33. The molecule has 33 heavy (non-hydrogen) atoms. The van der Waals surface area contributed by atoms with E-state index in [0.29, 0.717) is 17.8 Å². The normalized spacial score (nSPS) is 14.0. The summed E-state index contributed by atoms with van der Waals surface area (Å²) in [5.41, 5.74) is 10.4. The second-order valence-electron chi connectivity index (χ2n) is 8.36. The number of aryl methyl sites for hydroxylation is 1. The number of rotatable bonds is 6. The van der Waals surface area contributed by atoms with Gasteiger partial charge in [-0.25, -0.2) is 4.52 Å². The fourth-order valence-corrected chi connectivity index (χ4v) is 4.24. The van der Waals surface area contributed by atoms with Crippen molar-refractivity contribution in [3.8, 4) is 16.9 Å². The van der Waals surface area contributed by atoms with Gasteiger partial charge in [-0.1, -0.05) is 18.2 Å². The molecule has 1 fully saturated rings. The highest BCUT2D eigenvalue weighted by Gasteiger charge is 2.18. The second kappa shape index (κ2) is 8.90. The van der Waals surface area contributed by atoms with E-state index < -0.39 is 0 Å². The number of amides is 1. The molecule has 0 unspecified atom stereocenters. The largest absolute Gasteiger partial charge is 0.490 e. The summed E-state index contributed by atoms with van der Waals surface area (Å²) in [6, 6.07) is 13.5. The zero-order valence-electron chi connectivity index (χ0n) is 18.5. The molecule has 3 N–H and O–H groups in total. The molecule has 0 radical (unpaired) electrons. The van der Waals surface area contributed by atoms with Crippen LogP contribution in [0.25, 0.3) is 16.8 Å². The number of ether oxygens (including phenoxy) is 1. The first-order chi connectivity index (χ1) is 16.1. The third kappa shape index (κ3) is 4.50. The molecular weight excluding hydrogens is 416 g/mol. The molecule has 1 aromatic carbocycles. The highest BCUT2D eigenvalue weighted by Crippen LogP contribution is 2.27. The number of fused-ring (bicyclic) bond motifs is 1. The van der Waals surface area contributed by atoms with Crippen molar-refractivity contribution in [1.29, 1.82) is 0 Å². The molecule has 3 aromatic heterocycles. The highest BCUT2D eigenvalue weighted by atomic mass is 16.5. The van der Waals surface area contributed by atoms with Gasteiger partial charge in [0.05, 0.1) is 11.7 Å². The number of carbonyl (C=O) groups is 1. The zero-order valence-corrected chi connectivity index (χ0v) is 18.5. The standard InChI is InChI=1S/C25H26N6O2/c1-16-21(17-10-11-31-23(13-17)29-25(26)30-31)12-19(15-27-16)24(32)28-14-18-6-2-5-9-22(18)33-20-7-3-4-8-20/h2,5-6,9-13,15,20H,3-4,7-8,14H2,1H3,(H2,26,30)(H,28,32). The van der Waals surface area contributed by atoms with Crippen molar-refractivity contribution >= 4 is 17.5 Å². The maximum Gasteiger partial charge on any atom is 0.253 e. The fraction of sp³-hybridized carbons (Fsp3) is 0.280. The Morgan fingerprint density at radius 1 is 1.21 bits per heavy atom. The SMILES string of the molecule is Cc1ncc(C(=O)NCc2ccccc2OC2CCCC2)cc1-c1ccn2nc(N)nc2c1. The first-order valence-corrected chi connectivity index (χ1v) is 11.2. The fourth-order valence-electron chi connectivity index (χ4n) is 4.24. The third-order valence-corrected chi connectivity index (χ3v) is 6.02. The van der Waals surface area contributed by atoms with Gasteiger partial charge in [0.25, 0.3) is 5.91 Å². The van der Waals surface area contributed by atoms with Gasteiger partial charge >= 0.3 is 0 Å². The van der Waals surface area contributed by atoms with Crippen molar-refractivity contribution in [2.45, 2.75) is 45.3 Å². The lowest BCUT2D eigenvalue weighted by molar-refractivity contribution is 0.0950. The van der Waals surface area contributed by atoms with Gasteiger partial charge < -0.3 is 15.8 Å². The number of nitrogens with one attached hydrogen (secondary N) is 1.